The Morgan fingerprint density at radius 3 is 2.67 bits per heavy atom. The van der Waals surface area contributed by atoms with E-state index in [1.54, 1.807) is 0 Å². The zero-order chi connectivity index (χ0) is 8.81. The summed E-state index contributed by atoms with van der Waals surface area (Å²) in [4.78, 5) is 0. The highest BCUT2D eigenvalue weighted by Crippen LogP contribution is 2.32. The molecule has 1 aliphatic rings. The molecule has 0 aliphatic heterocycles. The van der Waals surface area contributed by atoms with E-state index in [4.69, 9.17) is 0 Å². The minimum atomic E-state index is 0.627. The lowest BCUT2D eigenvalue weighted by Gasteiger charge is -2.04. The Balaban J connectivity index is 1.83. The summed E-state index contributed by atoms with van der Waals surface area (Å²) < 4.78 is 0. The maximum absolute atomic E-state index is 3.40. The molecule has 1 nitrogen and oxygen atoms in total. The van der Waals surface area contributed by atoms with E-state index in [0.29, 0.717) is 6.04 Å². The number of hydrogen-bond acceptors (Lipinski definition) is 1. The van der Waals surface area contributed by atoms with Crippen LogP contribution in [0.25, 0.3) is 0 Å². The highest BCUT2D eigenvalue weighted by Gasteiger charge is 2.18. The van der Waals surface area contributed by atoms with E-state index in [2.05, 4.69) is 31.3 Å². The van der Waals surface area contributed by atoms with Gasteiger partial charge >= 0.3 is 0 Å². The molecular weight excluding hydrogens is 146 g/mol. The molecule has 0 spiro atoms. The molecule has 0 aromatic carbocycles. The Bertz CT molecular complexity index is 134. The number of hydrogen-bond donors (Lipinski definition) is 1. The van der Waals surface area contributed by atoms with Crippen molar-refractivity contribution in [2.45, 2.75) is 45.6 Å². The van der Waals surface area contributed by atoms with Crippen molar-refractivity contribution in [2.24, 2.45) is 5.92 Å². The third-order valence-corrected chi connectivity index (χ3v) is 2.20. The average molecular weight is 167 g/mol. The van der Waals surface area contributed by atoms with Gasteiger partial charge in [0.25, 0.3) is 0 Å². The third-order valence-electron chi connectivity index (χ3n) is 2.20. The summed E-state index contributed by atoms with van der Waals surface area (Å²) >= 11 is 0. The number of nitrogens with one attached hydrogen (secondary N) is 1. The molecule has 0 bridgehead atoms. The van der Waals surface area contributed by atoms with Gasteiger partial charge < -0.3 is 5.32 Å². The van der Waals surface area contributed by atoms with Crippen LogP contribution in [-0.4, -0.2) is 12.6 Å². The number of allylic oxidation sites excluding steroid dienone is 1. The van der Waals surface area contributed by atoms with Crippen molar-refractivity contribution in [3.8, 4) is 0 Å². The molecule has 1 N–H and O–H groups in total. The van der Waals surface area contributed by atoms with Crippen LogP contribution in [0.4, 0.5) is 0 Å². The summed E-state index contributed by atoms with van der Waals surface area (Å²) in [6.07, 6.45) is 10.1. The van der Waals surface area contributed by atoms with Crippen molar-refractivity contribution >= 4 is 0 Å². The molecule has 0 aromatic rings. The molecule has 0 saturated heterocycles. The highest BCUT2D eigenvalue weighted by atomic mass is 14.9. The lowest BCUT2D eigenvalue weighted by atomic mass is 10.2. The lowest BCUT2D eigenvalue weighted by molar-refractivity contribution is 0.594. The van der Waals surface area contributed by atoms with E-state index in [1.807, 2.05) is 0 Å². The van der Waals surface area contributed by atoms with Crippen LogP contribution in [0.15, 0.2) is 12.2 Å². The maximum atomic E-state index is 3.40. The summed E-state index contributed by atoms with van der Waals surface area (Å²) in [5, 5.41) is 3.40. The summed E-state index contributed by atoms with van der Waals surface area (Å²) in [7, 11) is 0. The molecule has 0 aromatic heterocycles. The van der Waals surface area contributed by atoms with Crippen molar-refractivity contribution in [2.75, 3.05) is 6.54 Å². The van der Waals surface area contributed by atoms with Crippen LogP contribution in [-0.2, 0) is 0 Å². The fourth-order valence-corrected chi connectivity index (χ4v) is 1.22. The second-order valence-electron chi connectivity index (χ2n) is 4.05. The van der Waals surface area contributed by atoms with E-state index in [9.17, 15) is 0 Å². The smallest absolute Gasteiger partial charge is 0.00105 e. The van der Waals surface area contributed by atoms with Crippen molar-refractivity contribution in [3.05, 3.63) is 12.2 Å². The largest absolute Gasteiger partial charge is 0.314 e. The van der Waals surface area contributed by atoms with Crippen LogP contribution in [0, 0.1) is 5.92 Å². The van der Waals surface area contributed by atoms with Gasteiger partial charge in [-0.2, -0.15) is 0 Å². The van der Waals surface area contributed by atoms with E-state index in [1.165, 1.54) is 25.7 Å². The van der Waals surface area contributed by atoms with Gasteiger partial charge in [0.2, 0.25) is 0 Å². The standard InChI is InChI=1S/C11H21N/c1-10(2)12-9-5-3-4-6-11-7-8-11/h3-4,10-12H,5-9H2,1-2H3. The van der Waals surface area contributed by atoms with Crippen LogP contribution < -0.4 is 5.32 Å². The van der Waals surface area contributed by atoms with Crippen LogP contribution in [0.5, 0.6) is 0 Å². The molecule has 1 fully saturated rings. The third kappa shape index (κ3) is 5.36. The van der Waals surface area contributed by atoms with E-state index < -0.39 is 0 Å². The maximum Gasteiger partial charge on any atom is 0.00105 e. The molecule has 1 heteroatoms. The molecule has 0 heterocycles. The van der Waals surface area contributed by atoms with Crippen LogP contribution >= 0.6 is 0 Å². The quantitative estimate of drug-likeness (QED) is 0.474. The Hall–Kier alpha value is -0.300. The van der Waals surface area contributed by atoms with Crippen LogP contribution in [0.3, 0.4) is 0 Å². The predicted octanol–water partition coefficient (Wildman–Crippen LogP) is 2.73. The van der Waals surface area contributed by atoms with E-state index in [0.717, 1.165) is 12.5 Å². The van der Waals surface area contributed by atoms with Gasteiger partial charge in [0, 0.05) is 6.04 Å². The fourth-order valence-electron chi connectivity index (χ4n) is 1.22. The minimum Gasteiger partial charge on any atom is -0.314 e. The van der Waals surface area contributed by atoms with Crippen molar-refractivity contribution in [1.82, 2.24) is 5.32 Å². The van der Waals surface area contributed by atoms with Crippen molar-refractivity contribution in [1.29, 1.82) is 0 Å². The fraction of sp³-hybridized carbons (Fsp3) is 0.818. The SMILES string of the molecule is CC(C)NCCC=CCC1CC1. The van der Waals surface area contributed by atoms with Crippen LogP contribution in [0.2, 0.25) is 0 Å². The molecule has 0 atom stereocenters. The second kappa shape index (κ2) is 5.36. The highest BCUT2D eigenvalue weighted by molar-refractivity contribution is 4.88. The summed E-state index contributed by atoms with van der Waals surface area (Å²) in [6.45, 7) is 5.50. The van der Waals surface area contributed by atoms with Crippen molar-refractivity contribution in [3.63, 3.8) is 0 Å². The van der Waals surface area contributed by atoms with Gasteiger partial charge in [-0.3, -0.25) is 0 Å². The summed E-state index contributed by atoms with van der Waals surface area (Å²) in [5.74, 6) is 1.04. The minimum absolute atomic E-state index is 0.627. The van der Waals surface area contributed by atoms with E-state index >= 15 is 0 Å². The molecule has 70 valence electrons. The molecule has 0 amide bonds. The van der Waals surface area contributed by atoms with Gasteiger partial charge in [-0.1, -0.05) is 26.0 Å². The average Bonchev–Trinajstić information content (AvgIpc) is 2.79. The van der Waals surface area contributed by atoms with E-state index in [-0.39, 0.29) is 0 Å². The Morgan fingerprint density at radius 1 is 1.33 bits per heavy atom. The zero-order valence-electron chi connectivity index (χ0n) is 8.34. The molecule has 1 rings (SSSR count). The Kier molecular flexibility index (Phi) is 4.37. The molecule has 12 heavy (non-hydrogen) atoms. The number of rotatable bonds is 6. The monoisotopic (exact) mass is 167 g/mol. The molecule has 1 saturated carbocycles. The normalized spacial score (nSPS) is 17.9. The van der Waals surface area contributed by atoms with Gasteiger partial charge in [0.15, 0.2) is 0 Å². The molecular formula is C11H21N. The van der Waals surface area contributed by atoms with Gasteiger partial charge in [0.05, 0.1) is 0 Å². The summed E-state index contributed by atoms with van der Waals surface area (Å²) in [6, 6.07) is 0.627. The first-order valence-corrected chi connectivity index (χ1v) is 5.17. The van der Waals surface area contributed by atoms with Crippen LogP contribution in [0.1, 0.15) is 39.5 Å². The Labute approximate surface area is 76.2 Å². The first-order valence-electron chi connectivity index (χ1n) is 5.17. The first kappa shape index (κ1) is 9.79. The predicted molar refractivity (Wildman–Crippen MR) is 54.2 cm³/mol. The topological polar surface area (TPSA) is 12.0 Å². The summed E-state index contributed by atoms with van der Waals surface area (Å²) in [5.41, 5.74) is 0. The Morgan fingerprint density at radius 2 is 2.08 bits per heavy atom. The molecule has 0 unspecified atom stereocenters. The lowest BCUT2D eigenvalue weighted by Crippen LogP contribution is -2.23. The van der Waals surface area contributed by atoms with Gasteiger partial charge in [-0.25, -0.2) is 0 Å². The van der Waals surface area contributed by atoms with Gasteiger partial charge in [-0.05, 0) is 38.1 Å². The van der Waals surface area contributed by atoms with Gasteiger partial charge in [-0.15, -0.1) is 0 Å². The van der Waals surface area contributed by atoms with Crippen molar-refractivity contribution < 1.29 is 0 Å². The first-order chi connectivity index (χ1) is 5.79. The second-order valence-corrected chi connectivity index (χ2v) is 4.05. The van der Waals surface area contributed by atoms with Gasteiger partial charge in [0.1, 0.15) is 0 Å². The molecule has 0 radical (unpaired) electrons. The molecule has 1 aliphatic carbocycles. The zero-order valence-corrected chi connectivity index (χ0v) is 8.34.